The Morgan fingerprint density at radius 1 is 0.382 bits per heavy atom. The first-order chi connectivity index (χ1) is 30.4. The van der Waals surface area contributed by atoms with Crippen LogP contribution in [0.4, 0.5) is 0 Å². The van der Waals surface area contributed by atoms with E-state index in [9.17, 15) is 29.7 Å². The molecule has 9 N–H and O–H groups in total. The summed E-state index contributed by atoms with van der Waals surface area (Å²) in [5, 5.41) is 83.7. The molecule has 0 radical (unpaired) electrons. The van der Waals surface area contributed by atoms with E-state index in [2.05, 4.69) is 125 Å². The minimum Gasteiger partial charge on any atom is -0.512 e. The van der Waals surface area contributed by atoms with Crippen LogP contribution in [0.15, 0.2) is 70.5 Å². The fourth-order valence-electron chi connectivity index (χ4n) is 11.2. The monoisotopic (exact) mass is 961 g/mol. The number of hydrogen-bond donors (Lipinski definition) is 9. The maximum atomic E-state index is 10.8. The Morgan fingerprint density at radius 3 is 0.676 bits per heavy atom. The van der Waals surface area contributed by atoms with Gasteiger partial charge >= 0.3 is 17.9 Å². The molecule has 3 rings (SSSR count). The zero-order valence-corrected chi connectivity index (χ0v) is 45.7. The predicted octanol–water partition coefficient (Wildman–Crippen LogP) is 13.1. The molecule has 0 aromatic rings. The number of aliphatic carboxylic acids is 3. The smallest absolute Gasteiger partial charge is 0.303 e. The Balaban J connectivity index is 0.000000916. The lowest BCUT2D eigenvalue weighted by atomic mass is 9.50. The van der Waals surface area contributed by atoms with Gasteiger partial charge in [0.1, 0.15) is 0 Å². The van der Waals surface area contributed by atoms with Gasteiger partial charge in [0, 0.05) is 40.9 Å². The quantitative estimate of drug-likeness (QED) is 0.0889. The van der Waals surface area contributed by atoms with E-state index in [-0.39, 0.29) is 87.8 Å². The van der Waals surface area contributed by atoms with E-state index in [1.165, 1.54) is 0 Å². The van der Waals surface area contributed by atoms with E-state index >= 15 is 0 Å². The average Bonchev–Trinajstić information content (AvgIpc) is 3.17. The van der Waals surface area contributed by atoms with Crippen LogP contribution >= 0.6 is 0 Å². The van der Waals surface area contributed by atoms with E-state index in [1.807, 2.05) is 18.2 Å². The van der Waals surface area contributed by atoms with Crippen LogP contribution in [-0.4, -0.2) is 83.7 Å². The van der Waals surface area contributed by atoms with Gasteiger partial charge in [-0.25, -0.2) is 0 Å². The molecule has 0 bridgehead atoms. The minimum absolute atomic E-state index is 0.117. The van der Waals surface area contributed by atoms with Crippen LogP contribution in [0.2, 0.25) is 0 Å². The molecular weight excluding hydrogens is 865 g/mol. The first-order valence-electron chi connectivity index (χ1n) is 24.2. The maximum absolute atomic E-state index is 10.8. The lowest BCUT2D eigenvalue weighted by molar-refractivity contribution is -0.138. The second kappa shape index (κ2) is 23.8. The summed E-state index contributed by atoms with van der Waals surface area (Å²) in [6.07, 6.45) is 15.2. The molecular formula is C56H96O12. The molecule has 68 heavy (non-hydrogen) atoms. The van der Waals surface area contributed by atoms with Crippen molar-refractivity contribution in [2.45, 2.75) is 189 Å². The second-order valence-electron chi connectivity index (χ2n) is 25.8. The molecule has 3 aliphatic rings. The van der Waals surface area contributed by atoms with Gasteiger partial charge in [-0.05, 0) is 89.2 Å². The highest BCUT2D eigenvalue weighted by molar-refractivity contribution is 5.68. The van der Waals surface area contributed by atoms with Crippen molar-refractivity contribution in [2.75, 3.05) is 19.8 Å². The molecule has 0 spiro atoms. The highest BCUT2D eigenvalue weighted by atomic mass is 16.4. The van der Waals surface area contributed by atoms with E-state index in [0.29, 0.717) is 36.5 Å². The lowest BCUT2D eigenvalue weighted by Crippen LogP contribution is -2.49. The van der Waals surface area contributed by atoms with Gasteiger partial charge in [0.25, 0.3) is 0 Å². The number of rotatable bonds is 12. The molecule has 12 nitrogen and oxygen atoms in total. The normalized spacial score (nSPS) is 18.4. The fourth-order valence-corrected chi connectivity index (χ4v) is 11.2. The molecule has 0 atom stereocenters. The highest BCUT2D eigenvalue weighted by Gasteiger charge is 2.56. The Hall–Kier alpha value is -3.87. The molecule has 0 fully saturated rings. The van der Waals surface area contributed by atoms with E-state index in [0.717, 1.165) is 36.0 Å². The van der Waals surface area contributed by atoms with Gasteiger partial charge in [0.05, 0.1) is 37.1 Å². The third-order valence-electron chi connectivity index (χ3n) is 15.0. The van der Waals surface area contributed by atoms with Crippen LogP contribution in [0.5, 0.6) is 0 Å². The van der Waals surface area contributed by atoms with Crippen molar-refractivity contribution in [2.24, 2.45) is 54.1 Å². The Kier molecular flexibility index (Phi) is 22.5. The largest absolute Gasteiger partial charge is 0.512 e. The number of carbonyl (C=O) groups is 3. The van der Waals surface area contributed by atoms with Crippen molar-refractivity contribution in [1.29, 1.82) is 0 Å². The van der Waals surface area contributed by atoms with Crippen LogP contribution in [0.1, 0.15) is 189 Å². The summed E-state index contributed by atoms with van der Waals surface area (Å²) in [4.78, 5) is 32.3. The van der Waals surface area contributed by atoms with Crippen LogP contribution in [0.25, 0.3) is 0 Å². The van der Waals surface area contributed by atoms with E-state index in [1.54, 1.807) is 25.2 Å². The molecule has 0 aromatic carbocycles. The van der Waals surface area contributed by atoms with Gasteiger partial charge in [-0.2, -0.15) is 0 Å². The summed E-state index contributed by atoms with van der Waals surface area (Å²) < 4.78 is 0. The van der Waals surface area contributed by atoms with Crippen molar-refractivity contribution >= 4 is 17.9 Å². The lowest BCUT2D eigenvalue weighted by Gasteiger charge is -2.54. The first-order valence-corrected chi connectivity index (χ1v) is 24.2. The Labute approximate surface area is 410 Å². The average molecular weight is 961 g/mol. The second-order valence-corrected chi connectivity index (χ2v) is 25.8. The first kappa shape index (κ1) is 64.1. The molecule has 12 heteroatoms. The van der Waals surface area contributed by atoms with Crippen molar-refractivity contribution in [3.63, 3.8) is 0 Å². The summed E-state index contributed by atoms with van der Waals surface area (Å²) in [5.74, 6) is -1.09. The third kappa shape index (κ3) is 15.6. The van der Waals surface area contributed by atoms with Crippen LogP contribution in [-0.2, 0) is 14.4 Å². The van der Waals surface area contributed by atoms with Crippen molar-refractivity contribution < 1.29 is 60.3 Å². The Bertz CT molecular complexity index is 1640. The topological polar surface area (TPSA) is 233 Å². The van der Waals surface area contributed by atoms with Gasteiger partial charge in [-0.1, -0.05) is 166 Å². The van der Waals surface area contributed by atoms with E-state index < -0.39 is 23.3 Å². The molecule has 0 saturated carbocycles. The van der Waals surface area contributed by atoms with Crippen LogP contribution in [0.3, 0.4) is 0 Å². The molecule has 0 unspecified atom stereocenters. The summed E-state index contributed by atoms with van der Waals surface area (Å²) in [6, 6.07) is 0. The fraction of sp³-hybridized carbons (Fsp3) is 0.732. The zero-order valence-electron chi connectivity index (χ0n) is 45.7. The number of aliphatic hydroxyl groups is 6. The summed E-state index contributed by atoms with van der Waals surface area (Å²) in [5.41, 5.74) is 0.795. The van der Waals surface area contributed by atoms with Gasteiger partial charge in [0.15, 0.2) is 0 Å². The number of carboxylic acid groups (broad SMARTS) is 3. The predicted molar refractivity (Wildman–Crippen MR) is 274 cm³/mol. The van der Waals surface area contributed by atoms with Crippen LogP contribution in [0, 0.1) is 54.1 Å². The van der Waals surface area contributed by atoms with Crippen molar-refractivity contribution in [3.8, 4) is 0 Å². The van der Waals surface area contributed by atoms with Crippen LogP contribution < -0.4 is 0 Å². The summed E-state index contributed by atoms with van der Waals surface area (Å²) >= 11 is 0. The summed E-state index contributed by atoms with van der Waals surface area (Å²) in [7, 11) is 0. The standard InChI is InChI=1S/3C17H28O3.C5H12O3/c3*1-15(2,3)17(16(4,5)6)11-12(7-9-13(17)18)8-10-14(19)20;1-5(2-6,3-7)4-8/h3*7,9,18H,8,10-11H2,1-6H3,(H,19,20);6-8H,2-4H2,1H3. The minimum atomic E-state index is -0.776. The SMILES string of the molecule is CC(C)(C)C1(C(C)(C)C)CC(CCC(=O)O)=CC=C1O.CC(C)(C)C1(C(C)(C)C)CC(CCC(=O)O)=CC=C1O.CC(C)(C)C1(C(C)(C)C)CC(CCC(=O)O)=CC=C1O.CC(CO)(CO)CO. The van der Waals surface area contributed by atoms with Gasteiger partial charge in [-0.15, -0.1) is 0 Å². The van der Waals surface area contributed by atoms with Crippen molar-refractivity contribution in [3.05, 3.63) is 70.5 Å². The third-order valence-corrected chi connectivity index (χ3v) is 15.0. The zero-order chi connectivity index (χ0) is 53.9. The molecule has 392 valence electrons. The van der Waals surface area contributed by atoms with E-state index in [4.69, 9.17) is 30.6 Å². The summed E-state index contributed by atoms with van der Waals surface area (Å²) in [6.45, 7) is 39.6. The number of carboxylic acids is 3. The number of aliphatic hydroxyl groups excluding tert-OH is 6. The number of hydrogen-bond acceptors (Lipinski definition) is 9. The molecule has 0 aromatic heterocycles. The maximum Gasteiger partial charge on any atom is 0.303 e. The van der Waals surface area contributed by atoms with Gasteiger partial charge in [0.2, 0.25) is 0 Å². The van der Waals surface area contributed by atoms with Crippen molar-refractivity contribution in [1.82, 2.24) is 0 Å². The Morgan fingerprint density at radius 2 is 0.559 bits per heavy atom. The number of allylic oxidation sites excluding steroid dienone is 12. The molecule has 0 saturated heterocycles. The molecule has 3 aliphatic carbocycles. The van der Waals surface area contributed by atoms with Gasteiger partial charge in [-0.3, -0.25) is 14.4 Å². The molecule has 0 amide bonds. The van der Waals surface area contributed by atoms with Gasteiger partial charge < -0.3 is 46.0 Å². The molecule has 0 heterocycles. The highest BCUT2D eigenvalue weighted by Crippen LogP contribution is 2.63. The molecule has 0 aliphatic heterocycles.